The molecule has 1 rings (SSSR count). The number of rotatable bonds is 8. The molecule has 0 radical (unpaired) electrons. The number of benzene rings is 1. The van der Waals surface area contributed by atoms with Crippen LogP contribution in [-0.2, 0) is 10.2 Å². The van der Waals surface area contributed by atoms with Gasteiger partial charge in [0.05, 0.1) is 12.0 Å². The van der Waals surface area contributed by atoms with Gasteiger partial charge in [-0.3, -0.25) is 4.79 Å². The first-order chi connectivity index (χ1) is 9.87. The van der Waals surface area contributed by atoms with Gasteiger partial charge in [-0.05, 0) is 50.4 Å². The number of hydrogen-bond donors (Lipinski definition) is 2. The minimum atomic E-state index is -0.564. The van der Waals surface area contributed by atoms with Crippen LogP contribution in [0.15, 0.2) is 24.3 Å². The van der Waals surface area contributed by atoms with E-state index in [-0.39, 0.29) is 18.3 Å². The van der Waals surface area contributed by atoms with Crippen molar-refractivity contribution < 1.29 is 9.53 Å². The molecule has 0 heterocycles. The summed E-state index contributed by atoms with van der Waals surface area (Å²) in [5, 5.41) is 2.93. The first-order valence-electron chi connectivity index (χ1n) is 7.59. The van der Waals surface area contributed by atoms with E-state index in [0.717, 1.165) is 17.7 Å². The van der Waals surface area contributed by atoms with Gasteiger partial charge in [0.2, 0.25) is 5.91 Å². The van der Waals surface area contributed by atoms with E-state index in [1.54, 1.807) is 0 Å². The van der Waals surface area contributed by atoms with Crippen molar-refractivity contribution in [1.29, 1.82) is 0 Å². The van der Waals surface area contributed by atoms with Gasteiger partial charge >= 0.3 is 0 Å². The Balaban J connectivity index is 0.00000441. The number of hydrogen-bond acceptors (Lipinski definition) is 3. The van der Waals surface area contributed by atoms with Crippen molar-refractivity contribution in [1.82, 2.24) is 5.32 Å². The second-order valence-electron chi connectivity index (χ2n) is 6.25. The summed E-state index contributed by atoms with van der Waals surface area (Å²) in [6.45, 7) is 9.98. The molecule has 0 fully saturated rings. The van der Waals surface area contributed by atoms with Gasteiger partial charge in [0.15, 0.2) is 0 Å². The molecule has 0 saturated carbocycles. The molecule has 0 unspecified atom stereocenters. The minimum Gasteiger partial charge on any atom is -0.493 e. The first-order valence-corrected chi connectivity index (χ1v) is 7.59. The Bertz CT molecular complexity index is 444. The molecule has 1 aromatic carbocycles. The van der Waals surface area contributed by atoms with Gasteiger partial charge in [0.25, 0.3) is 0 Å². The van der Waals surface area contributed by atoms with Gasteiger partial charge < -0.3 is 15.8 Å². The molecule has 0 spiro atoms. The molecule has 5 heteroatoms. The molecule has 0 aliphatic carbocycles. The quantitative estimate of drug-likeness (QED) is 0.721. The van der Waals surface area contributed by atoms with Crippen LogP contribution in [0.5, 0.6) is 5.75 Å². The summed E-state index contributed by atoms with van der Waals surface area (Å²) in [5.41, 5.74) is 5.85. The number of nitrogens with one attached hydrogen (secondary N) is 1. The van der Waals surface area contributed by atoms with Crippen LogP contribution in [0.3, 0.4) is 0 Å². The SMILES string of the molecule is CC(C)COc1ccc(C(C)(C)C(=O)NCCCN)cc1.Cl. The lowest BCUT2D eigenvalue weighted by Crippen LogP contribution is -2.40. The number of carbonyl (C=O) groups excluding carboxylic acids is 1. The molecule has 0 atom stereocenters. The molecular formula is C17H29ClN2O2. The van der Waals surface area contributed by atoms with Crippen molar-refractivity contribution in [2.24, 2.45) is 11.7 Å². The van der Waals surface area contributed by atoms with Crippen molar-refractivity contribution in [2.75, 3.05) is 19.7 Å². The smallest absolute Gasteiger partial charge is 0.230 e. The molecule has 0 aliphatic rings. The lowest BCUT2D eigenvalue weighted by atomic mass is 9.83. The van der Waals surface area contributed by atoms with Crippen molar-refractivity contribution in [3.63, 3.8) is 0 Å². The zero-order chi connectivity index (χ0) is 15.9. The van der Waals surface area contributed by atoms with Gasteiger partial charge in [-0.2, -0.15) is 0 Å². The third kappa shape index (κ3) is 6.24. The predicted octanol–water partition coefficient (Wildman–Crippen LogP) is 2.89. The summed E-state index contributed by atoms with van der Waals surface area (Å²) in [7, 11) is 0. The third-order valence-corrected chi connectivity index (χ3v) is 3.39. The summed E-state index contributed by atoms with van der Waals surface area (Å²) in [5.74, 6) is 1.35. The van der Waals surface area contributed by atoms with E-state index >= 15 is 0 Å². The van der Waals surface area contributed by atoms with Gasteiger partial charge in [-0.15, -0.1) is 12.4 Å². The molecule has 4 nitrogen and oxygen atoms in total. The lowest BCUT2D eigenvalue weighted by molar-refractivity contribution is -0.125. The average molecular weight is 329 g/mol. The summed E-state index contributed by atoms with van der Waals surface area (Å²) in [6.07, 6.45) is 0.795. The second-order valence-corrected chi connectivity index (χ2v) is 6.25. The van der Waals surface area contributed by atoms with Crippen LogP contribution in [0, 0.1) is 5.92 Å². The van der Waals surface area contributed by atoms with Gasteiger partial charge in [-0.25, -0.2) is 0 Å². The van der Waals surface area contributed by atoms with E-state index in [9.17, 15) is 4.79 Å². The van der Waals surface area contributed by atoms with Crippen LogP contribution in [-0.4, -0.2) is 25.6 Å². The largest absolute Gasteiger partial charge is 0.493 e. The van der Waals surface area contributed by atoms with Gasteiger partial charge in [0, 0.05) is 6.54 Å². The van der Waals surface area contributed by atoms with Gasteiger partial charge in [-0.1, -0.05) is 26.0 Å². The maximum absolute atomic E-state index is 12.3. The second kappa shape index (κ2) is 9.70. The number of carbonyl (C=O) groups is 1. The maximum atomic E-state index is 12.3. The number of ether oxygens (including phenoxy) is 1. The van der Waals surface area contributed by atoms with E-state index in [0.29, 0.717) is 25.6 Å². The van der Waals surface area contributed by atoms with E-state index in [2.05, 4.69) is 19.2 Å². The van der Waals surface area contributed by atoms with Crippen LogP contribution >= 0.6 is 12.4 Å². The Kier molecular flexibility index (Phi) is 9.14. The molecule has 1 amide bonds. The first kappa shape index (κ1) is 20.7. The molecule has 22 heavy (non-hydrogen) atoms. The molecular weight excluding hydrogens is 300 g/mol. The minimum absolute atomic E-state index is 0. The summed E-state index contributed by atoms with van der Waals surface area (Å²) >= 11 is 0. The summed E-state index contributed by atoms with van der Waals surface area (Å²) in [6, 6.07) is 7.76. The monoisotopic (exact) mass is 328 g/mol. The number of nitrogens with two attached hydrogens (primary N) is 1. The van der Waals surface area contributed by atoms with Crippen molar-refractivity contribution in [2.45, 2.75) is 39.5 Å². The molecule has 126 valence electrons. The summed E-state index contributed by atoms with van der Waals surface area (Å²) < 4.78 is 5.66. The standard InChI is InChI=1S/C17H28N2O2.ClH/c1-13(2)12-21-15-8-6-14(7-9-15)17(3,4)16(20)19-11-5-10-18;/h6-9,13H,5,10-12,18H2,1-4H3,(H,19,20);1H. The molecule has 0 bridgehead atoms. The topological polar surface area (TPSA) is 64.3 Å². The highest BCUT2D eigenvalue weighted by molar-refractivity contribution is 5.87. The highest BCUT2D eigenvalue weighted by atomic mass is 35.5. The van der Waals surface area contributed by atoms with E-state index < -0.39 is 5.41 Å². The Morgan fingerprint density at radius 1 is 1.27 bits per heavy atom. The van der Waals surface area contributed by atoms with Crippen LogP contribution in [0.4, 0.5) is 0 Å². The molecule has 0 aromatic heterocycles. The van der Waals surface area contributed by atoms with Crippen molar-refractivity contribution in [3.8, 4) is 5.75 Å². The Morgan fingerprint density at radius 3 is 2.36 bits per heavy atom. The van der Waals surface area contributed by atoms with Crippen molar-refractivity contribution in [3.05, 3.63) is 29.8 Å². The Morgan fingerprint density at radius 2 is 1.86 bits per heavy atom. The Labute approximate surface area is 140 Å². The predicted molar refractivity (Wildman–Crippen MR) is 93.7 cm³/mol. The lowest BCUT2D eigenvalue weighted by Gasteiger charge is -2.24. The summed E-state index contributed by atoms with van der Waals surface area (Å²) in [4.78, 5) is 12.3. The van der Waals surface area contributed by atoms with Gasteiger partial charge in [0.1, 0.15) is 5.75 Å². The van der Waals surface area contributed by atoms with E-state index in [1.165, 1.54) is 0 Å². The zero-order valence-electron chi connectivity index (χ0n) is 14.0. The fourth-order valence-corrected chi connectivity index (χ4v) is 1.89. The number of halogens is 1. The van der Waals surface area contributed by atoms with Crippen LogP contribution in [0.2, 0.25) is 0 Å². The fraction of sp³-hybridized carbons (Fsp3) is 0.588. The molecule has 0 saturated heterocycles. The molecule has 3 N–H and O–H groups in total. The third-order valence-electron chi connectivity index (χ3n) is 3.39. The number of amides is 1. The molecule has 0 aliphatic heterocycles. The van der Waals surface area contributed by atoms with E-state index in [1.807, 2.05) is 38.1 Å². The van der Waals surface area contributed by atoms with E-state index in [4.69, 9.17) is 10.5 Å². The van der Waals surface area contributed by atoms with Crippen LogP contribution < -0.4 is 15.8 Å². The van der Waals surface area contributed by atoms with Crippen LogP contribution in [0.25, 0.3) is 0 Å². The normalized spacial score (nSPS) is 11.0. The zero-order valence-corrected chi connectivity index (χ0v) is 14.8. The van der Waals surface area contributed by atoms with Crippen LogP contribution in [0.1, 0.15) is 39.7 Å². The average Bonchev–Trinajstić information content (AvgIpc) is 2.45. The fourth-order valence-electron chi connectivity index (χ4n) is 1.89. The Hall–Kier alpha value is -1.26. The highest BCUT2D eigenvalue weighted by Crippen LogP contribution is 2.25. The highest BCUT2D eigenvalue weighted by Gasteiger charge is 2.29. The van der Waals surface area contributed by atoms with Crippen molar-refractivity contribution >= 4 is 18.3 Å². The molecule has 1 aromatic rings. The maximum Gasteiger partial charge on any atom is 0.230 e.